The summed E-state index contributed by atoms with van der Waals surface area (Å²) in [6.45, 7) is 0.861. The van der Waals surface area contributed by atoms with Crippen molar-refractivity contribution in [2.24, 2.45) is 5.73 Å². The molecule has 2 heterocycles. The molecule has 0 aliphatic rings. The average Bonchev–Trinajstić information content (AvgIpc) is 2.73. The highest BCUT2D eigenvalue weighted by Gasteiger charge is 2.08. The summed E-state index contributed by atoms with van der Waals surface area (Å²) in [7, 11) is 0. The van der Waals surface area contributed by atoms with Crippen molar-refractivity contribution in [1.29, 1.82) is 0 Å². The first-order valence-electron chi connectivity index (χ1n) is 8.64. The van der Waals surface area contributed by atoms with Gasteiger partial charge in [0.15, 0.2) is 0 Å². The van der Waals surface area contributed by atoms with Gasteiger partial charge < -0.3 is 15.8 Å². The van der Waals surface area contributed by atoms with E-state index >= 15 is 0 Å². The van der Waals surface area contributed by atoms with Crippen LogP contribution in [0.25, 0.3) is 22.0 Å². The van der Waals surface area contributed by atoms with Gasteiger partial charge in [0.1, 0.15) is 18.7 Å². The van der Waals surface area contributed by atoms with Crippen LogP contribution in [-0.4, -0.2) is 33.1 Å². The van der Waals surface area contributed by atoms with Crippen LogP contribution < -0.4 is 15.8 Å². The van der Waals surface area contributed by atoms with E-state index in [0.29, 0.717) is 24.8 Å². The zero-order valence-corrected chi connectivity index (χ0v) is 16.4. The number of nitrogens with zero attached hydrogens (tertiary/aromatic N) is 4. The maximum absolute atomic E-state index is 5.73. The van der Waals surface area contributed by atoms with Crippen molar-refractivity contribution in [2.45, 2.75) is 0 Å². The quantitative estimate of drug-likeness (QED) is 0.472. The number of nitrogens with two attached hydrogens (primary N) is 1. The van der Waals surface area contributed by atoms with E-state index < -0.39 is 0 Å². The first-order valence-corrected chi connectivity index (χ1v) is 9.43. The third-order valence-electron chi connectivity index (χ3n) is 3.99. The van der Waals surface area contributed by atoms with E-state index in [-0.39, 0.29) is 0 Å². The summed E-state index contributed by atoms with van der Waals surface area (Å²) in [5.41, 5.74) is 9.02. The number of ether oxygens (including phenoxy) is 1. The highest BCUT2D eigenvalue weighted by atomic mass is 79.9. The summed E-state index contributed by atoms with van der Waals surface area (Å²) < 4.78 is 6.72. The predicted molar refractivity (Wildman–Crippen MR) is 113 cm³/mol. The van der Waals surface area contributed by atoms with E-state index in [0.717, 1.165) is 32.2 Å². The molecule has 0 bridgehead atoms. The van der Waals surface area contributed by atoms with E-state index in [4.69, 9.17) is 10.5 Å². The van der Waals surface area contributed by atoms with Crippen molar-refractivity contribution in [3.05, 3.63) is 65.8 Å². The van der Waals surface area contributed by atoms with Gasteiger partial charge in [0.05, 0.1) is 5.52 Å². The molecule has 3 N–H and O–H groups in total. The van der Waals surface area contributed by atoms with Crippen molar-refractivity contribution < 1.29 is 4.74 Å². The molecule has 4 rings (SSSR count). The van der Waals surface area contributed by atoms with Crippen LogP contribution >= 0.6 is 15.9 Å². The fraction of sp³-hybridized carbons (Fsp3) is 0.100. The maximum Gasteiger partial charge on any atom is 0.227 e. The SMILES string of the molecule is NCCOc1cc(Nc2ncc3cc(Br)ccc3n2)cc(-c2cncnc2)c1. The molecule has 0 aliphatic heterocycles. The van der Waals surface area contributed by atoms with E-state index in [1.54, 1.807) is 18.6 Å². The molecule has 0 atom stereocenters. The minimum atomic E-state index is 0.426. The Bertz CT molecular complexity index is 1110. The predicted octanol–water partition coefficient (Wildman–Crippen LogP) is 3.93. The number of benzene rings is 2. The molecule has 0 aliphatic carbocycles. The van der Waals surface area contributed by atoms with Crippen molar-refractivity contribution in [3.63, 3.8) is 0 Å². The molecule has 0 spiro atoms. The van der Waals surface area contributed by atoms with Gasteiger partial charge in [-0.1, -0.05) is 15.9 Å². The molecule has 2 aromatic carbocycles. The number of halogens is 1. The fourth-order valence-corrected chi connectivity index (χ4v) is 3.12. The summed E-state index contributed by atoms with van der Waals surface area (Å²) in [5, 5.41) is 4.21. The molecule has 140 valence electrons. The second-order valence-corrected chi connectivity index (χ2v) is 6.95. The number of rotatable bonds is 6. The van der Waals surface area contributed by atoms with Crippen LogP contribution in [0.15, 0.2) is 65.8 Å². The Kier molecular flexibility index (Phi) is 5.41. The summed E-state index contributed by atoms with van der Waals surface area (Å²) >= 11 is 3.46. The Morgan fingerprint density at radius 2 is 1.86 bits per heavy atom. The number of aromatic nitrogens is 4. The molecule has 0 unspecified atom stereocenters. The molecule has 0 radical (unpaired) electrons. The Balaban J connectivity index is 1.68. The lowest BCUT2D eigenvalue weighted by atomic mass is 10.1. The summed E-state index contributed by atoms with van der Waals surface area (Å²) in [5.74, 6) is 1.19. The number of hydrogen-bond acceptors (Lipinski definition) is 7. The molecule has 0 fully saturated rings. The van der Waals surface area contributed by atoms with Crippen molar-refractivity contribution in [1.82, 2.24) is 19.9 Å². The monoisotopic (exact) mass is 436 g/mol. The number of anilines is 2. The van der Waals surface area contributed by atoms with Crippen LogP contribution in [0.1, 0.15) is 0 Å². The largest absolute Gasteiger partial charge is 0.492 e. The van der Waals surface area contributed by atoms with E-state index in [2.05, 4.69) is 41.2 Å². The van der Waals surface area contributed by atoms with Crippen molar-refractivity contribution >= 4 is 38.5 Å². The molecular formula is C20H17BrN6O. The minimum Gasteiger partial charge on any atom is -0.492 e. The third kappa shape index (κ3) is 4.24. The molecular weight excluding hydrogens is 420 g/mol. The fourth-order valence-electron chi connectivity index (χ4n) is 2.74. The van der Waals surface area contributed by atoms with Gasteiger partial charge in [-0.15, -0.1) is 0 Å². The summed E-state index contributed by atoms with van der Waals surface area (Å²) in [4.78, 5) is 17.2. The Morgan fingerprint density at radius 3 is 2.68 bits per heavy atom. The molecule has 0 amide bonds. The van der Waals surface area contributed by atoms with Gasteiger partial charge in [0.25, 0.3) is 0 Å². The number of hydrogen-bond donors (Lipinski definition) is 2. The standard InChI is InChI=1S/C20H17BrN6O/c21-16-1-2-19-14(5-16)11-25-20(27-19)26-17-6-13(15-9-23-12-24-10-15)7-18(8-17)28-4-3-22/h1-2,5-12H,3-4,22H2,(H,25,26,27). The van der Waals surface area contributed by atoms with Gasteiger partial charge in [-0.25, -0.2) is 19.9 Å². The van der Waals surface area contributed by atoms with Crippen LogP contribution in [-0.2, 0) is 0 Å². The Hall–Kier alpha value is -3.10. The highest BCUT2D eigenvalue weighted by Crippen LogP contribution is 2.29. The highest BCUT2D eigenvalue weighted by molar-refractivity contribution is 9.10. The van der Waals surface area contributed by atoms with Crippen molar-refractivity contribution in [3.8, 4) is 16.9 Å². The van der Waals surface area contributed by atoms with Crippen molar-refractivity contribution in [2.75, 3.05) is 18.5 Å². The molecule has 0 saturated heterocycles. The minimum absolute atomic E-state index is 0.426. The lowest BCUT2D eigenvalue weighted by molar-refractivity contribution is 0.328. The van der Waals surface area contributed by atoms with Gasteiger partial charge in [-0.2, -0.15) is 0 Å². The van der Waals surface area contributed by atoms with Gasteiger partial charge in [-0.3, -0.25) is 0 Å². The summed E-state index contributed by atoms with van der Waals surface area (Å²) in [6.07, 6.45) is 6.79. The molecule has 4 aromatic rings. The smallest absolute Gasteiger partial charge is 0.227 e. The van der Waals surface area contributed by atoms with Gasteiger partial charge in [0, 0.05) is 52.3 Å². The first-order chi connectivity index (χ1) is 13.7. The van der Waals surface area contributed by atoms with Crippen LogP contribution in [0.5, 0.6) is 5.75 Å². The van der Waals surface area contributed by atoms with Crippen LogP contribution in [0.2, 0.25) is 0 Å². The zero-order valence-electron chi connectivity index (χ0n) is 14.8. The third-order valence-corrected chi connectivity index (χ3v) is 4.48. The van der Waals surface area contributed by atoms with Gasteiger partial charge >= 0.3 is 0 Å². The van der Waals surface area contributed by atoms with E-state index in [1.165, 1.54) is 6.33 Å². The molecule has 7 nitrogen and oxygen atoms in total. The zero-order chi connectivity index (χ0) is 19.3. The topological polar surface area (TPSA) is 98.8 Å². The molecule has 2 aromatic heterocycles. The van der Waals surface area contributed by atoms with E-state index in [9.17, 15) is 0 Å². The lowest BCUT2D eigenvalue weighted by Crippen LogP contribution is -2.10. The Labute approximate surface area is 170 Å². The van der Waals surface area contributed by atoms with Gasteiger partial charge in [-0.05, 0) is 35.9 Å². The molecule has 28 heavy (non-hydrogen) atoms. The van der Waals surface area contributed by atoms with Crippen LogP contribution in [0.3, 0.4) is 0 Å². The number of nitrogens with one attached hydrogen (secondary N) is 1. The Morgan fingerprint density at radius 1 is 1.00 bits per heavy atom. The molecule has 0 saturated carbocycles. The number of fused-ring (bicyclic) bond motifs is 1. The van der Waals surface area contributed by atoms with Gasteiger partial charge in [0.2, 0.25) is 5.95 Å². The van der Waals surface area contributed by atoms with Crippen LogP contribution in [0.4, 0.5) is 11.6 Å². The molecule has 8 heteroatoms. The second-order valence-electron chi connectivity index (χ2n) is 6.03. The lowest BCUT2D eigenvalue weighted by Gasteiger charge is -2.12. The second kappa shape index (κ2) is 8.28. The maximum atomic E-state index is 5.73. The van der Waals surface area contributed by atoms with E-state index in [1.807, 2.05) is 36.4 Å². The first kappa shape index (κ1) is 18.3. The average molecular weight is 437 g/mol. The summed E-state index contributed by atoms with van der Waals surface area (Å²) in [6, 6.07) is 11.7. The van der Waals surface area contributed by atoms with Crippen LogP contribution in [0, 0.1) is 0 Å². The normalized spacial score (nSPS) is 10.8.